The highest BCUT2D eigenvalue weighted by atomic mass is 16.9. The summed E-state index contributed by atoms with van der Waals surface area (Å²) in [5.41, 5.74) is 3.14. The van der Waals surface area contributed by atoms with Gasteiger partial charge in [-0.1, -0.05) is 91.0 Å². The summed E-state index contributed by atoms with van der Waals surface area (Å²) in [7, 11) is 0. The van der Waals surface area contributed by atoms with Crippen molar-refractivity contribution in [2.24, 2.45) is 0 Å². The average Bonchev–Trinajstić information content (AvgIpc) is 3.79. The molecular weight excluding hydrogens is 616 g/mol. The zero-order chi connectivity index (χ0) is 33.1. The highest BCUT2D eigenvalue weighted by Crippen LogP contribution is 2.43. The number of rotatable bonds is 13. The Balaban J connectivity index is 1.15. The van der Waals surface area contributed by atoms with Crippen molar-refractivity contribution in [1.82, 2.24) is 0 Å². The van der Waals surface area contributed by atoms with Gasteiger partial charge in [0.25, 0.3) is 0 Å². The van der Waals surface area contributed by atoms with Crippen molar-refractivity contribution in [1.29, 1.82) is 0 Å². The smallest absolute Gasteiger partial charge is 0.190 e. The second-order valence-corrected chi connectivity index (χ2v) is 13.6. The predicted molar refractivity (Wildman–Crippen MR) is 173 cm³/mol. The number of benzene rings is 3. The van der Waals surface area contributed by atoms with Crippen LogP contribution in [0.1, 0.15) is 44.4 Å². The van der Waals surface area contributed by atoms with Crippen molar-refractivity contribution < 1.29 is 47.4 Å². The van der Waals surface area contributed by atoms with Crippen LogP contribution < -0.4 is 0 Å². The van der Waals surface area contributed by atoms with Crippen molar-refractivity contribution in [3.8, 4) is 0 Å². The summed E-state index contributed by atoms with van der Waals surface area (Å²) < 4.78 is 64.2. The molecule has 4 saturated heterocycles. The molecule has 4 heterocycles. The zero-order valence-corrected chi connectivity index (χ0v) is 28.0. The number of hydrogen-bond acceptors (Lipinski definition) is 10. The van der Waals surface area contributed by atoms with Crippen molar-refractivity contribution in [3.05, 3.63) is 108 Å². The maximum atomic E-state index is 6.90. The Bertz CT molecular complexity index is 1440. The lowest BCUT2D eigenvalue weighted by Crippen LogP contribution is -2.48. The molecule has 4 fully saturated rings. The first-order valence-corrected chi connectivity index (χ1v) is 16.8. The predicted octanol–water partition coefficient (Wildman–Crippen LogP) is 5.51. The fraction of sp³-hybridized carbons (Fsp3) is 0.526. The fourth-order valence-corrected chi connectivity index (χ4v) is 6.70. The largest absolute Gasteiger partial charge is 0.374 e. The van der Waals surface area contributed by atoms with Crippen molar-refractivity contribution >= 4 is 0 Å². The van der Waals surface area contributed by atoms with Gasteiger partial charge in [0.05, 0.1) is 33.0 Å². The van der Waals surface area contributed by atoms with E-state index >= 15 is 0 Å². The highest BCUT2D eigenvalue weighted by Gasteiger charge is 2.61. The Morgan fingerprint density at radius 1 is 0.604 bits per heavy atom. The van der Waals surface area contributed by atoms with Gasteiger partial charge in [-0.05, 0) is 44.4 Å². The van der Waals surface area contributed by atoms with Crippen molar-refractivity contribution in [2.75, 3.05) is 13.2 Å². The Morgan fingerprint density at radius 2 is 1.19 bits per heavy atom. The molecular formula is C38H46O10. The van der Waals surface area contributed by atoms with Crippen LogP contribution in [0.3, 0.4) is 0 Å². The molecule has 0 unspecified atom stereocenters. The minimum atomic E-state index is -0.844. The van der Waals surface area contributed by atoms with Crippen LogP contribution in [-0.4, -0.2) is 80.1 Å². The third-order valence-electron chi connectivity index (χ3n) is 8.95. The van der Waals surface area contributed by atoms with E-state index < -0.39 is 66.9 Å². The Kier molecular flexibility index (Phi) is 10.3. The minimum Gasteiger partial charge on any atom is -0.374 e. The summed E-state index contributed by atoms with van der Waals surface area (Å²) in [6.45, 7) is 9.27. The molecule has 10 heteroatoms. The first kappa shape index (κ1) is 33.7. The summed E-state index contributed by atoms with van der Waals surface area (Å²) in [6, 6.07) is 30.1. The molecule has 4 aliphatic rings. The first-order chi connectivity index (χ1) is 23.2. The van der Waals surface area contributed by atoms with E-state index in [2.05, 4.69) is 0 Å². The molecule has 3 aromatic rings. The second-order valence-electron chi connectivity index (χ2n) is 13.6. The van der Waals surface area contributed by atoms with Gasteiger partial charge in [0.1, 0.15) is 42.7 Å². The van der Waals surface area contributed by atoms with E-state index in [1.54, 1.807) is 0 Å². The van der Waals surface area contributed by atoms with Gasteiger partial charge in [-0.15, -0.1) is 0 Å². The summed E-state index contributed by atoms with van der Waals surface area (Å²) in [6.07, 6.45) is -5.13. The van der Waals surface area contributed by atoms with Gasteiger partial charge in [0.15, 0.2) is 24.2 Å². The Labute approximate surface area is 282 Å². The molecule has 0 amide bonds. The summed E-state index contributed by atoms with van der Waals surface area (Å²) >= 11 is 0. The Hall–Kier alpha value is -2.74. The fourth-order valence-electron chi connectivity index (χ4n) is 6.70. The third kappa shape index (κ3) is 8.00. The molecule has 3 aromatic carbocycles. The second kappa shape index (κ2) is 14.6. The number of hydrogen-bond donors (Lipinski definition) is 0. The SMILES string of the molecule is CC1(C)O[C@H]2O[C@H]([C@H]3COC(C)(C)O3)[C@H](O[C@@H]3O[C@H](COCc4ccccc4)[C@@H](OCc4ccccc4)[C@@H]3OCc3ccccc3)[C@H]2O1. The number of fused-ring (bicyclic) bond motifs is 1. The van der Waals surface area contributed by atoms with E-state index in [1.807, 2.05) is 119 Å². The third-order valence-corrected chi connectivity index (χ3v) is 8.95. The van der Waals surface area contributed by atoms with Crippen LogP contribution in [0.4, 0.5) is 0 Å². The summed E-state index contributed by atoms with van der Waals surface area (Å²) in [4.78, 5) is 0. The van der Waals surface area contributed by atoms with Gasteiger partial charge in [-0.25, -0.2) is 0 Å². The molecule has 0 N–H and O–H groups in total. The van der Waals surface area contributed by atoms with Crippen molar-refractivity contribution in [2.45, 2.75) is 114 Å². The lowest BCUT2D eigenvalue weighted by atomic mass is 10.1. The van der Waals surface area contributed by atoms with Gasteiger partial charge in [-0.3, -0.25) is 0 Å². The lowest BCUT2D eigenvalue weighted by molar-refractivity contribution is -0.264. The molecule has 4 aliphatic heterocycles. The maximum Gasteiger partial charge on any atom is 0.190 e. The van der Waals surface area contributed by atoms with E-state index in [0.717, 1.165) is 16.7 Å². The molecule has 0 spiro atoms. The van der Waals surface area contributed by atoms with E-state index in [9.17, 15) is 0 Å². The van der Waals surface area contributed by atoms with Crippen LogP contribution in [0.5, 0.6) is 0 Å². The van der Waals surface area contributed by atoms with Crippen LogP contribution >= 0.6 is 0 Å². The molecule has 258 valence electrons. The van der Waals surface area contributed by atoms with E-state index in [-0.39, 0.29) is 6.61 Å². The molecule has 0 saturated carbocycles. The monoisotopic (exact) mass is 662 g/mol. The molecule has 0 aliphatic carbocycles. The van der Waals surface area contributed by atoms with E-state index in [1.165, 1.54) is 0 Å². The van der Waals surface area contributed by atoms with Gasteiger partial charge >= 0.3 is 0 Å². The van der Waals surface area contributed by atoms with Crippen LogP contribution in [0.15, 0.2) is 91.0 Å². The molecule has 0 radical (unpaired) electrons. The Morgan fingerprint density at radius 3 is 1.77 bits per heavy atom. The standard InChI is InChI=1S/C38H46O10/c1-37(2)42-24-29(46-37)31-32(34-36(44-31)48-38(3,4)47-34)45-35-33(41-22-27-18-12-7-13-19-27)30(40-21-26-16-10-6-11-17-26)28(43-35)23-39-20-25-14-8-5-9-15-25/h5-19,28-36H,20-24H2,1-4H3/t28-,29-,30-,31-,32+,33+,34-,35+,36-/m1/s1. The number of ether oxygens (including phenoxy) is 10. The first-order valence-electron chi connectivity index (χ1n) is 16.8. The molecule has 0 aromatic heterocycles. The molecule has 10 nitrogen and oxygen atoms in total. The van der Waals surface area contributed by atoms with Gasteiger partial charge in [0.2, 0.25) is 0 Å². The molecule has 0 bridgehead atoms. The molecule has 9 atom stereocenters. The average molecular weight is 663 g/mol. The van der Waals surface area contributed by atoms with E-state index in [0.29, 0.717) is 26.4 Å². The quantitative estimate of drug-likeness (QED) is 0.233. The van der Waals surface area contributed by atoms with Gasteiger partial charge < -0.3 is 47.4 Å². The zero-order valence-electron chi connectivity index (χ0n) is 28.0. The van der Waals surface area contributed by atoms with Crippen LogP contribution in [0, 0.1) is 0 Å². The van der Waals surface area contributed by atoms with Crippen LogP contribution in [0.25, 0.3) is 0 Å². The minimum absolute atomic E-state index is 0.274. The maximum absolute atomic E-state index is 6.90. The highest BCUT2D eigenvalue weighted by molar-refractivity contribution is 5.15. The molecule has 48 heavy (non-hydrogen) atoms. The van der Waals surface area contributed by atoms with Crippen LogP contribution in [-0.2, 0) is 67.2 Å². The van der Waals surface area contributed by atoms with Gasteiger partial charge in [-0.2, -0.15) is 0 Å². The van der Waals surface area contributed by atoms with Crippen LogP contribution in [0.2, 0.25) is 0 Å². The summed E-state index contributed by atoms with van der Waals surface area (Å²) in [5, 5.41) is 0. The molecule has 7 rings (SSSR count). The topological polar surface area (TPSA) is 92.3 Å². The lowest BCUT2D eigenvalue weighted by Gasteiger charge is -2.32. The van der Waals surface area contributed by atoms with Crippen molar-refractivity contribution in [3.63, 3.8) is 0 Å². The summed E-state index contributed by atoms with van der Waals surface area (Å²) in [5.74, 6) is -1.59. The van der Waals surface area contributed by atoms with E-state index in [4.69, 9.17) is 47.4 Å². The van der Waals surface area contributed by atoms with Gasteiger partial charge in [0, 0.05) is 0 Å². The normalized spacial score (nSPS) is 33.6.